The summed E-state index contributed by atoms with van der Waals surface area (Å²) in [5.74, 6) is 1.61. The number of guanidine groups is 1. The van der Waals surface area contributed by atoms with Gasteiger partial charge in [0, 0.05) is 39.8 Å². The monoisotopic (exact) mass is 498 g/mol. The fraction of sp³-hybridized carbons (Fsp3) is 0.381. The number of para-hydroxylation sites is 2. The molecule has 1 saturated heterocycles. The van der Waals surface area contributed by atoms with E-state index < -0.39 is 0 Å². The first kappa shape index (κ1) is 22.3. The number of hydrogen-bond donors (Lipinski definition) is 1. The van der Waals surface area contributed by atoms with Crippen molar-refractivity contribution in [3.63, 3.8) is 0 Å². The van der Waals surface area contributed by atoms with Crippen molar-refractivity contribution in [3.05, 3.63) is 59.9 Å². The minimum Gasteiger partial charge on any atom is -0.495 e. The lowest BCUT2D eigenvalue weighted by molar-refractivity contribution is 0.367. The normalized spacial score (nSPS) is 14.5. The maximum Gasteiger partial charge on any atom is 0.193 e. The molecule has 1 N–H and O–H groups in total. The van der Waals surface area contributed by atoms with Crippen LogP contribution in [0.15, 0.2) is 53.5 Å². The molecule has 28 heavy (non-hydrogen) atoms. The van der Waals surface area contributed by atoms with Gasteiger partial charge >= 0.3 is 0 Å². The number of halogens is 2. The standard InChI is InChI=1S/C21H27FN4O.HI/c1-23-21(24-11-10-17-6-5-7-18(22)16-17)26-14-12-25(13-15-26)19-8-3-4-9-20(19)27-2;/h3-9,16H,10-15H2,1-2H3,(H,23,24);1H. The molecule has 2 aromatic rings. The Bertz CT molecular complexity index is 779. The summed E-state index contributed by atoms with van der Waals surface area (Å²) < 4.78 is 18.8. The minimum atomic E-state index is -0.190. The Morgan fingerprint density at radius 2 is 1.86 bits per heavy atom. The van der Waals surface area contributed by atoms with Gasteiger partial charge in [0.25, 0.3) is 0 Å². The molecule has 5 nitrogen and oxygen atoms in total. The van der Waals surface area contributed by atoms with Crippen LogP contribution in [0.3, 0.4) is 0 Å². The third-order valence-electron chi connectivity index (χ3n) is 4.80. The lowest BCUT2D eigenvalue weighted by Crippen LogP contribution is -2.52. The molecule has 1 fully saturated rings. The molecule has 1 aliphatic heterocycles. The largest absolute Gasteiger partial charge is 0.495 e. The number of rotatable bonds is 5. The first-order chi connectivity index (χ1) is 13.2. The summed E-state index contributed by atoms with van der Waals surface area (Å²) in [5, 5.41) is 3.39. The predicted octanol–water partition coefficient (Wildman–Crippen LogP) is 3.39. The van der Waals surface area contributed by atoms with Crippen molar-refractivity contribution in [2.24, 2.45) is 4.99 Å². The van der Waals surface area contributed by atoms with E-state index in [1.807, 2.05) is 24.3 Å². The van der Waals surface area contributed by atoms with Gasteiger partial charge in [0.05, 0.1) is 12.8 Å². The Labute approximate surface area is 183 Å². The molecule has 0 atom stereocenters. The molecule has 0 unspecified atom stereocenters. The Balaban J connectivity index is 0.00000280. The molecule has 0 radical (unpaired) electrons. The van der Waals surface area contributed by atoms with Gasteiger partial charge in [-0.15, -0.1) is 24.0 Å². The molecular formula is C21H28FIN4O. The van der Waals surface area contributed by atoms with Crippen LogP contribution < -0.4 is 15.0 Å². The van der Waals surface area contributed by atoms with Crippen molar-refractivity contribution in [3.8, 4) is 5.75 Å². The molecule has 152 valence electrons. The molecule has 0 spiro atoms. The first-order valence-corrected chi connectivity index (χ1v) is 9.29. The highest BCUT2D eigenvalue weighted by atomic mass is 127. The molecule has 3 rings (SSSR count). The Hall–Kier alpha value is -2.03. The number of aliphatic imine (C=N–C) groups is 1. The summed E-state index contributed by atoms with van der Waals surface area (Å²) >= 11 is 0. The second-order valence-electron chi connectivity index (χ2n) is 6.50. The molecule has 0 amide bonds. The van der Waals surface area contributed by atoms with Crippen molar-refractivity contribution < 1.29 is 9.13 Å². The maximum atomic E-state index is 13.3. The van der Waals surface area contributed by atoms with E-state index in [0.717, 1.165) is 62.1 Å². The number of nitrogens with zero attached hydrogens (tertiary/aromatic N) is 3. The zero-order valence-electron chi connectivity index (χ0n) is 16.4. The average molecular weight is 498 g/mol. The van der Waals surface area contributed by atoms with Gasteiger partial charge in [-0.1, -0.05) is 24.3 Å². The zero-order chi connectivity index (χ0) is 19.1. The van der Waals surface area contributed by atoms with E-state index in [1.54, 1.807) is 26.3 Å². The van der Waals surface area contributed by atoms with Crippen LogP contribution in [0.1, 0.15) is 5.56 Å². The quantitative estimate of drug-likeness (QED) is 0.390. The van der Waals surface area contributed by atoms with E-state index in [4.69, 9.17) is 4.74 Å². The predicted molar refractivity (Wildman–Crippen MR) is 124 cm³/mol. The number of nitrogens with one attached hydrogen (secondary N) is 1. The summed E-state index contributed by atoms with van der Waals surface area (Å²) in [6.45, 7) is 4.31. The Morgan fingerprint density at radius 3 is 2.54 bits per heavy atom. The van der Waals surface area contributed by atoms with Crippen LogP contribution in [0.5, 0.6) is 5.75 Å². The third kappa shape index (κ3) is 5.73. The van der Waals surface area contributed by atoms with Crippen molar-refractivity contribution in [2.45, 2.75) is 6.42 Å². The summed E-state index contributed by atoms with van der Waals surface area (Å²) in [6.07, 6.45) is 0.762. The highest BCUT2D eigenvalue weighted by Gasteiger charge is 2.21. The molecule has 0 saturated carbocycles. The number of hydrogen-bond acceptors (Lipinski definition) is 3. The molecule has 0 aliphatic carbocycles. The van der Waals surface area contributed by atoms with Gasteiger partial charge in [-0.3, -0.25) is 4.99 Å². The molecule has 0 aromatic heterocycles. The average Bonchev–Trinajstić information content (AvgIpc) is 2.71. The van der Waals surface area contributed by atoms with E-state index in [1.165, 1.54) is 6.07 Å². The summed E-state index contributed by atoms with van der Waals surface area (Å²) in [4.78, 5) is 9.01. The van der Waals surface area contributed by atoms with Crippen LogP contribution in [0.4, 0.5) is 10.1 Å². The zero-order valence-corrected chi connectivity index (χ0v) is 18.7. The second kappa shape index (κ2) is 11.1. The number of methoxy groups -OCH3 is 1. The molecule has 0 bridgehead atoms. The second-order valence-corrected chi connectivity index (χ2v) is 6.50. The lowest BCUT2D eigenvalue weighted by Gasteiger charge is -2.38. The highest BCUT2D eigenvalue weighted by Crippen LogP contribution is 2.28. The van der Waals surface area contributed by atoms with Crippen molar-refractivity contribution in [1.82, 2.24) is 10.2 Å². The Kier molecular flexibility index (Phi) is 8.82. The molecule has 2 aromatic carbocycles. The first-order valence-electron chi connectivity index (χ1n) is 9.29. The van der Waals surface area contributed by atoms with E-state index in [2.05, 4.69) is 26.2 Å². The van der Waals surface area contributed by atoms with Gasteiger partial charge in [-0.25, -0.2) is 4.39 Å². The van der Waals surface area contributed by atoms with Crippen LogP contribution >= 0.6 is 24.0 Å². The molecular weight excluding hydrogens is 470 g/mol. The van der Waals surface area contributed by atoms with Crippen molar-refractivity contribution in [2.75, 3.05) is 51.8 Å². The van der Waals surface area contributed by atoms with Crippen LogP contribution in [0, 0.1) is 5.82 Å². The van der Waals surface area contributed by atoms with Crippen LogP contribution in [0.2, 0.25) is 0 Å². The van der Waals surface area contributed by atoms with E-state index >= 15 is 0 Å². The summed E-state index contributed by atoms with van der Waals surface area (Å²) in [5.41, 5.74) is 2.12. The molecule has 1 heterocycles. The van der Waals surface area contributed by atoms with Gasteiger partial charge in [0.2, 0.25) is 0 Å². The smallest absolute Gasteiger partial charge is 0.193 e. The van der Waals surface area contributed by atoms with Gasteiger partial charge < -0.3 is 19.9 Å². The number of benzene rings is 2. The van der Waals surface area contributed by atoms with E-state index in [0.29, 0.717) is 0 Å². The fourth-order valence-corrected chi connectivity index (χ4v) is 3.39. The van der Waals surface area contributed by atoms with Crippen molar-refractivity contribution >= 4 is 35.6 Å². The number of piperazine rings is 1. The van der Waals surface area contributed by atoms with E-state index in [-0.39, 0.29) is 29.8 Å². The molecule has 7 heteroatoms. The summed E-state index contributed by atoms with van der Waals surface area (Å²) in [7, 11) is 3.51. The van der Waals surface area contributed by atoms with Crippen molar-refractivity contribution in [1.29, 1.82) is 0 Å². The Morgan fingerprint density at radius 1 is 1.11 bits per heavy atom. The minimum absolute atomic E-state index is 0. The summed E-state index contributed by atoms with van der Waals surface area (Å²) in [6, 6.07) is 14.9. The van der Waals surface area contributed by atoms with Crippen LogP contribution in [0.25, 0.3) is 0 Å². The topological polar surface area (TPSA) is 40.1 Å². The van der Waals surface area contributed by atoms with Gasteiger partial charge in [-0.2, -0.15) is 0 Å². The highest BCUT2D eigenvalue weighted by molar-refractivity contribution is 14.0. The molecule has 1 aliphatic rings. The maximum absolute atomic E-state index is 13.3. The number of anilines is 1. The van der Waals surface area contributed by atoms with Crippen LogP contribution in [-0.4, -0.2) is 57.7 Å². The van der Waals surface area contributed by atoms with E-state index in [9.17, 15) is 4.39 Å². The van der Waals surface area contributed by atoms with Crippen LogP contribution in [-0.2, 0) is 6.42 Å². The van der Waals surface area contributed by atoms with Gasteiger partial charge in [0.15, 0.2) is 5.96 Å². The fourth-order valence-electron chi connectivity index (χ4n) is 3.39. The number of ether oxygens (including phenoxy) is 1. The lowest BCUT2D eigenvalue weighted by atomic mass is 10.1. The third-order valence-corrected chi connectivity index (χ3v) is 4.80. The van der Waals surface area contributed by atoms with Gasteiger partial charge in [0.1, 0.15) is 11.6 Å². The SMILES string of the molecule is CN=C(NCCc1cccc(F)c1)N1CCN(c2ccccc2OC)CC1.I. The van der Waals surface area contributed by atoms with Gasteiger partial charge in [-0.05, 0) is 36.2 Å².